The molecule has 2 aromatic carbocycles. The number of unbranched alkanes of at least 4 members (excludes halogenated alkanes) is 8. The molecule has 0 saturated carbocycles. The van der Waals surface area contributed by atoms with Crippen molar-refractivity contribution in [3.05, 3.63) is 48.5 Å². The SMILES string of the molecule is CC(=O)Nc1ccccc1OCCCCCCCCCCCOc1ccccc1NC(C)=O. The van der Waals surface area contributed by atoms with E-state index < -0.39 is 0 Å². The van der Waals surface area contributed by atoms with Crippen LogP contribution in [0.15, 0.2) is 48.5 Å². The van der Waals surface area contributed by atoms with Gasteiger partial charge in [-0.1, -0.05) is 69.2 Å². The molecule has 2 amide bonds. The van der Waals surface area contributed by atoms with Gasteiger partial charge in [0.05, 0.1) is 24.6 Å². The number of anilines is 2. The molecule has 0 aliphatic rings. The van der Waals surface area contributed by atoms with Crippen LogP contribution in [0.25, 0.3) is 0 Å². The lowest BCUT2D eigenvalue weighted by atomic mass is 10.1. The van der Waals surface area contributed by atoms with Crippen molar-refractivity contribution in [2.24, 2.45) is 0 Å². The van der Waals surface area contributed by atoms with Crippen molar-refractivity contribution >= 4 is 23.2 Å². The molecular formula is C27H38N2O4. The zero-order chi connectivity index (χ0) is 23.7. The molecule has 0 aromatic heterocycles. The van der Waals surface area contributed by atoms with Crippen LogP contribution in [0.1, 0.15) is 71.6 Å². The second kappa shape index (κ2) is 15.7. The van der Waals surface area contributed by atoms with Gasteiger partial charge < -0.3 is 20.1 Å². The van der Waals surface area contributed by atoms with Crippen molar-refractivity contribution in [1.29, 1.82) is 0 Å². The fraction of sp³-hybridized carbons (Fsp3) is 0.481. The number of para-hydroxylation sites is 4. The Morgan fingerprint density at radius 1 is 0.576 bits per heavy atom. The lowest BCUT2D eigenvalue weighted by molar-refractivity contribution is -0.115. The van der Waals surface area contributed by atoms with Crippen LogP contribution in [0, 0.1) is 0 Å². The van der Waals surface area contributed by atoms with Gasteiger partial charge in [0.25, 0.3) is 0 Å². The molecule has 180 valence electrons. The highest BCUT2D eigenvalue weighted by atomic mass is 16.5. The first kappa shape index (κ1) is 26.2. The maximum atomic E-state index is 11.3. The van der Waals surface area contributed by atoms with E-state index >= 15 is 0 Å². The number of benzene rings is 2. The summed E-state index contributed by atoms with van der Waals surface area (Å²) in [6, 6.07) is 15.1. The summed E-state index contributed by atoms with van der Waals surface area (Å²) < 4.78 is 11.7. The van der Waals surface area contributed by atoms with Gasteiger partial charge in [0.15, 0.2) is 0 Å². The zero-order valence-corrected chi connectivity index (χ0v) is 20.0. The molecule has 0 fully saturated rings. The van der Waals surface area contributed by atoms with Crippen molar-refractivity contribution in [2.45, 2.75) is 71.6 Å². The highest BCUT2D eigenvalue weighted by molar-refractivity contribution is 5.90. The first-order chi connectivity index (χ1) is 16.1. The number of carbonyl (C=O) groups is 2. The molecule has 0 heterocycles. The number of hydrogen-bond acceptors (Lipinski definition) is 4. The summed E-state index contributed by atoms with van der Waals surface area (Å²) in [5.74, 6) is 1.28. The molecule has 33 heavy (non-hydrogen) atoms. The van der Waals surface area contributed by atoms with E-state index in [2.05, 4.69) is 10.6 Å². The normalized spacial score (nSPS) is 10.5. The van der Waals surface area contributed by atoms with Crippen LogP contribution in [0.3, 0.4) is 0 Å². The Hall–Kier alpha value is -3.02. The molecule has 0 aliphatic carbocycles. The summed E-state index contributed by atoms with van der Waals surface area (Å²) in [6.07, 6.45) is 10.6. The third-order valence-corrected chi connectivity index (χ3v) is 5.20. The first-order valence-corrected chi connectivity index (χ1v) is 12.0. The monoisotopic (exact) mass is 454 g/mol. The summed E-state index contributed by atoms with van der Waals surface area (Å²) in [5, 5.41) is 5.59. The molecule has 0 atom stereocenters. The van der Waals surface area contributed by atoms with Crippen LogP contribution >= 0.6 is 0 Å². The van der Waals surface area contributed by atoms with Crippen molar-refractivity contribution < 1.29 is 19.1 Å². The Morgan fingerprint density at radius 3 is 1.27 bits per heavy atom. The number of rotatable bonds is 16. The molecule has 0 radical (unpaired) electrons. The Morgan fingerprint density at radius 2 is 0.909 bits per heavy atom. The minimum atomic E-state index is -0.0918. The minimum Gasteiger partial charge on any atom is -0.491 e. The second-order valence-corrected chi connectivity index (χ2v) is 8.23. The lowest BCUT2D eigenvalue weighted by Gasteiger charge is -2.11. The van der Waals surface area contributed by atoms with Crippen LogP contribution in [0.5, 0.6) is 11.5 Å². The first-order valence-electron chi connectivity index (χ1n) is 12.0. The van der Waals surface area contributed by atoms with Crippen molar-refractivity contribution in [3.63, 3.8) is 0 Å². The Labute approximate surface area is 198 Å². The van der Waals surface area contributed by atoms with Crippen molar-refractivity contribution in [3.8, 4) is 11.5 Å². The van der Waals surface area contributed by atoms with Crippen molar-refractivity contribution in [1.82, 2.24) is 0 Å². The number of nitrogens with one attached hydrogen (secondary N) is 2. The molecule has 0 spiro atoms. The number of hydrogen-bond donors (Lipinski definition) is 2. The average molecular weight is 455 g/mol. The predicted octanol–water partition coefficient (Wildman–Crippen LogP) is 6.57. The topological polar surface area (TPSA) is 76.7 Å². The van der Waals surface area contributed by atoms with Gasteiger partial charge in [-0.3, -0.25) is 9.59 Å². The Bertz CT molecular complexity index is 784. The van der Waals surface area contributed by atoms with Crippen LogP contribution in [0.4, 0.5) is 11.4 Å². The standard InChI is InChI=1S/C27H38N2O4/c1-22(30)28-24-16-10-12-18-26(24)32-20-14-8-6-4-3-5-7-9-15-21-33-27-19-13-11-17-25(27)29-23(2)31/h10-13,16-19H,3-9,14-15,20-21H2,1-2H3,(H,28,30)(H,29,31). The smallest absolute Gasteiger partial charge is 0.221 e. The second-order valence-electron chi connectivity index (χ2n) is 8.23. The highest BCUT2D eigenvalue weighted by Gasteiger charge is 2.05. The van der Waals surface area contributed by atoms with E-state index in [1.807, 2.05) is 48.5 Å². The molecule has 0 saturated heterocycles. The van der Waals surface area contributed by atoms with E-state index in [0.717, 1.165) is 48.6 Å². The van der Waals surface area contributed by atoms with E-state index in [1.54, 1.807) is 0 Å². The largest absolute Gasteiger partial charge is 0.491 e. The molecule has 6 nitrogen and oxygen atoms in total. The van der Waals surface area contributed by atoms with Gasteiger partial charge in [-0.25, -0.2) is 0 Å². The maximum Gasteiger partial charge on any atom is 0.221 e. The summed E-state index contributed by atoms with van der Waals surface area (Å²) in [6.45, 7) is 4.34. The fourth-order valence-electron chi connectivity index (χ4n) is 3.58. The van der Waals surface area contributed by atoms with E-state index in [4.69, 9.17) is 9.47 Å². The number of carbonyl (C=O) groups excluding carboxylic acids is 2. The minimum absolute atomic E-state index is 0.0918. The third kappa shape index (κ3) is 11.4. The predicted molar refractivity (Wildman–Crippen MR) is 134 cm³/mol. The quantitative estimate of drug-likeness (QED) is 0.281. The van der Waals surface area contributed by atoms with Crippen LogP contribution in [-0.4, -0.2) is 25.0 Å². The third-order valence-electron chi connectivity index (χ3n) is 5.20. The maximum absolute atomic E-state index is 11.3. The van der Waals surface area contributed by atoms with Gasteiger partial charge in [-0.2, -0.15) is 0 Å². The molecule has 6 heteroatoms. The average Bonchev–Trinajstić information content (AvgIpc) is 2.78. The summed E-state index contributed by atoms with van der Waals surface area (Å²) in [7, 11) is 0. The molecule has 0 bridgehead atoms. The van der Waals surface area contributed by atoms with Crippen LogP contribution in [-0.2, 0) is 9.59 Å². The molecule has 2 rings (SSSR count). The number of amides is 2. The summed E-state index contributed by atoms with van der Waals surface area (Å²) in [5.41, 5.74) is 1.46. The van der Waals surface area contributed by atoms with Crippen molar-refractivity contribution in [2.75, 3.05) is 23.8 Å². The Balaban J connectivity index is 1.44. The van der Waals surface area contributed by atoms with E-state index in [9.17, 15) is 9.59 Å². The van der Waals surface area contributed by atoms with Gasteiger partial charge in [-0.15, -0.1) is 0 Å². The Kier molecular flexibility index (Phi) is 12.5. The van der Waals surface area contributed by atoms with Gasteiger partial charge in [0.2, 0.25) is 11.8 Å². The molecular weight excluding hydrogens is 416 g/mol. The molecule has 2 N–H and O–H groups in total. The van der Waals surface area contributed by atoms with E-state index in [1.165, 1.54) is 46.0 Å². The van der Waals surface area contributed by atoms with Gasteiger partial charge in [-0.05, 0) is 37.1 Å². The van der Waals surface area contributed by atoms with Gasteiger partial charge in [0.1, 0.15) is 11.5 Å². The number of ether oxygens (including phenoxy) is 2. The van der Waals surface area contributed by atoms with Crippen LogP contribution < -0.4 is 20.1 Å². The van der Waals surface area contributed by atoms with Gasteiger partial charge in [0, 0.05) is 13.8 Å². The van der Waals surface area contributed by atoms with Crippen LogP contribution in [0.2, 0.25) is 0 Å². The van der Waals surface area contributed by atoms with Gasteiger partial charge >= 0.3 is 0 Å². The fourth-order valence-corrected chi connectivity index (χ4v) is 3.58. The summed E-state index contributed by atoms with van der Waals surface area (Å²) in [4.78, 5) is 22.5. The highest BCUT2D eigenvalue weighted by Crippen LogP contribution is 2.25. The molecule has 0 aliphatic heterocycles. The summed E-state index contributed by atoms with van der Waals surface area (Å²) >= 11 is 0. The van der Waals surface area contributed by atoms with E-state index in [0.29, 0.717) is 13.2 Å². The molecule has 0 unspecified atom stereocenters. The molecule has 2 aromatic rings. The van der Waals surface area contributed by atoms with E-state index in [-0.39, 0.29) is 11.8 Å². The lowest BCUT2D eigenvalue weighted by Crippen LogP contribution is -2.08. The zero-order valence-electron chi connectivity index (χ0n) is 20.0.